The third-order valence-electron chi connectivity index (χ3n) is 1.06. The van der Waals surface area contributed by atoms with Gasteiger partial charge in [-0.3, -0.25) is 0 Å². The van der Waals surface area contributed by atoms with Crippen LogP contribution in [0.25, 0.3) is 0 Å². The summed E-state index contributed by atoms with van der Waals surface area (Å²) in [4.78, 5) is 0. The summed E-state index contributed by atoms with van der Waals surface area (Å²) in [7, 11) is -0.538. The second kappa shape index (κ2) is 2.41. The molecule has 0 spiro atoms. The van der Waals surface area contributed by atoms with Crippen LogP contribution in [0.4, 0.5) is 0 Å². The first kappa shape index (κ1) is 7.09. The van der Waals surface area contributed by atoms with E-state index in [9.17, 15) is 0 Å². The molecule has 0 nitrogen and oxygen atoms in total. The molecule has 0 heterocycles. The van der Waals surface area contributed by atoms with Gasteiger partial charge in [-0.1, -0.05) is 0 Å². The predicted molar refractivity (Wildman–Crippen MR) is 36.7 cm³/mol. The van der Waals surface area contributed by atoms with E-state index < -0.39 is 8.07 Å². The normalized spacial score (nSPS) is 11.8. The molecule has 0 atom stereocenters. The maximum absolute atomic E-state index is 2.43. The van der Waals surface area contributed by atoms with Gasteiger partial charge in [0.2, 0.25) is 0 Å². The van der Waals surface area contributed by atoms with Crippen LogP contribution in [0.3, 0.4) is 0 Å². The zero-order chi connectivity index (χ0) is 5.21. The summed E-state index contributed by atoms with van der Waals surface area (Å²) < 4.78 is 1.62. The second-order valence-corrected chi connectivity index (χ2v) is 14.8. The van der Waals surface area contributed by atoms with Crippen LogP contribution < -0.4 is 0 Å². The van der Waals surface area contributed by atoms with E-state index in [0.717, 1.165) is 24.4 Å². The van der Waals surface area contributed by atoms with Crippen molar-refractivity contribution in [2.45, 2.75) is 23.4 Å². The van der Waals surface area contributed by atoms with Gasteiger partial charge < -0.3 is 0 Å². The van der Waals surface area contributed by atoms with Gasteiger partial charge in [-0.05, 0) is 0 Å². The summed E-state index contributed by atoms with van der Waals surface area (Å²) in [5.41, 5.74) is 0. The maximum atomic E-state index is 2.43. The zero-order valence-electron chi connectivity index (χ0n) is 5.21. The molecular formula is C4H13InSi. The molecule has 2 heteroatoms. The van der Waals surface area contributed by atoms with Gasteiger partial charge in [-0.2, -0.15) is 0 Å². The Kier molecular flexibility index (Phi) is 2.84. The monoisotopic (exact) mass is 204 g/mol. The molecule has 36 valence electrons. The summed E-state index contributed by atoms with van der Waals surface area (Å²) >= 11 is 0.969. The Bertz CT molecular complexity index is 37.3. The van der Waals surface area contributed by atoms with E-state index >= 15 is 0 Å². The summed E-state index contributed by atoms with van der Waals surface area (Å²) in [6.45, 7) is 7.30. The zero-order valence-corrected chi connectivity index (χ0v) is 11.9. The van der Waals surface area contributed by atoms with Crippen LogP contribution in [0.1, 0.15) is 0 Å². The van der Waals surface area contributed by atoms with E-state index in [2.05, 4.69) is 19.6 Å². The Hall–Kier alpha value is 1.09. The van der Waals surface area contributed by atoms with Crippen molar-refractivity contribution in [1.82, 2.24) is 0 Å². The van der Waals surface area contributed by atoms with Crippen molar-refractivity contribution < 1.29 is 0 Å². The van der Waals surface area contributed by atoms with Crippen molar-refractivity contribution in [3.63, 3.8) is 0 Å². The Morgan fingerprint density at radius 1 is 1.33 bits per heavy atom. The molecule has 0 radical (unpaired) electrons. The first-order valence-electron chi connectivity index (χ1n) is 2.56. The minimum absolute atomic E-state index is 0.538. The third-order valence-corrected chi connectivity index (χ3v) is 21.3. The first-order chi connectivity index (χ1) is 2.56. The van der Waals surface area contributed by atoms with Crippen molar-refractivity contribution in [2.24, 2.45) is 0 Å². The summed E-state index contributed by atoms with van der Waals surface area (Å²) in [5, 5.41) is 0. The van der Waals surface area contributed by atoms with E-state index in [1.165, 1.54) is 0 Å². The molecule has 0 bridgehead atoms. The Balaban J connectivity index is 3.17. The van der Waals surface area contributed by atoms with Gasteiger partial charge in [-0.25, -0.2) is 0 Å². The molecule has 6 heavy (non-hydrogen) atoms. The van der Waals surface area contributed by atoms with Gasteiger partial charge in [0.1, 0.15) is 0 Å². The fraction of sp³-hybridized carbons (Fsp3) is 1.00. The molecule has 0 rings (SSSR count). The molecule has 0 amide bonds. The Morgan fingerprint density at radius 2 is 1.50 bits per heavy atom. The van der Waals surface area contributed by atoms with Crippen molar-refractivity contribution in [2.75, 3.05) is 0 Å². The molecule has 0 aromatic carbocycles. The standard InChI is InChI=1S/C4H11Si.In.2H/c1-5(2,3)4;;;/h1H2,2-4H3;;;. The predicted octanol–water partition coefficient (Wildman–Crippen LogP) is 0.915. The van der Waals surface area contributed by atoms with Crippen LogP contribution in [0.15, 0.2) is 0 Å². The molecule has 0 aromatic heterocycles. The molecule has 0 aromatic rings. The van der Waals surface area contributed by atoms with Crippen molar-refractivity contribution in [1.29, 1.82) is 0 Å². The molecule has 0 fully saturated rings. The van der Waals surface area contributed by atoms with E-state index in [4.69, 9.17) is 0 Å². The van der Waals surface area contributed by atoms with Crippen LogP contribution >= 0.6 is 0 Å². The van der Waals surface area contributed by atoms with Crippen LogP contribution in [-0.4, -0.2) is 32.4 Å². The summed E-state index contributed by atoms with van der Waals surface area (Å²) in [5.74, 6) is 0. The topological polar surface area (TPSA) is 0 Å². The fourth-order valence-electron chi connectivity index (χ4n) is 0. The summed E-state index contributed by atoms with van der Waals surface area (Å²) in [6, 6.07) is 0. The number of hydrogen-bond acceptors (Lipinski definition) is 0. The number of hydrogen-bond donors (Lipinski definition) is 0. The van der Waals surface area contributed by atoms with Crippen molar-refractivity contribution in [3.8, 4) is 0 Å². The summed E-state index contributed by atoms with van der Waals surface area (Å²) in [6.07, 6.45) is 0. The Morgan fingerprint density at radius 3 is 1.50 bits per heavy atom. The molecule has 0 aliphatic heterocycles. The molecule has 0 aliphatic rings. The van der Waals surface area contributed by atoms with Crippen LogP contribution in [0.5, 0.6) is 0 Å². The van der Waals surface area contributed by atoms with Gasteiger partial charge in [-0.15, -0.1) is 0 Å². The van der Waals surface area contributed by atoms with Crippen LogP contribution in [0, 0.1) is 0 Å². The second-order valence-electron chi connectivity index (χ2n) is 2.91. The molecule has 0 saturated carbocycles. The average molecular weight is 204 g/mol. The molecule has 0 unspecified atom stereocenters. The van der Waals surface area contributed by atoms with E-state index in [-0.39, 0.29) is 0 Å². The molecule has 0 N–H and O–H groups in total. The van der Waals surface area contributed by atoms with Crippen LogP contribution in [-0.2, 0) is 0 Å². The van der Waals surface area contributed by atoms with E-state index in [1.807, 2.05) is 0 Å². The molecule has 0 aliphatic carbocycles. The van der Waals surface area contributed by atoms with Crippen molar-refractivity contribution in [3.05, 3.63) is 0 Å². The van der Waals surface area contributed by atoms with Gasteiger partial charge in [0.25, 0.3) is 0 Å². The van der Waals surface area contributed by atoms with Gasteiger partial charge in [0, 0.05) is 0 Å². The third kappa shape index (κ3) is 5.09. The minimum atomic E-state index is -0.538. The first-order valence-corrected chi connectivity index (χ1v) is 10.3. The van der Waals surface area contributed by atoms with Crippen molar-refractivity contribution >= 4 is 32.4 Å². The fourth-order valence-corrected chi connectivity index (χ4v) is 0. The van der Waals surface area contributed by atoms with Gasteiger partial charge in [0.15, 0.2) is 0 Å². The SMILES string of the molecule is C[Si](C)(C)[CH2][InH2]. The average Bonchev–Trinajstić information content (AvgIpc) is 1.35. The van der Waals surface area contributed by atoms with E-state index in [0.29, 0.717) is 0 Å². The Labute approximate surface area is 55.9 Å². The molecule has 0 saturated heterocycles. The molecular weight excluding hydrogens is 191 g/mol. The quantitative estimate of drug-likeness (QED) is 0.557. The van der Waals surface area contributed by atoms with Crippen LogP contribution in [0.2, 0.25) is 23.4 Å². The van der Waals surface area contributed by atoms with Gasteiger partial charge >= 0.3 is 55.9 Å². The van der Waals surface area contributed by atoms with E-state index in [1.54, 1.807) is 3.80 Å². The number of rotatable bonds is 1. The van der Waals surface area contributed by atoms with Gasteiger partial charge in [0.05, 0.1) is 0 Å².